The molecule has 4 heteroatoms. The van der Waals surface area contributed by atoms with Crippen molar-refractivity contribution in [1.29, 1.82) is 0 Å². The maximum Gasteiger partial charge on any atom is 0.259 e. The van der Waals surface area contributed by atoms with E-state index in [0.717, 1.165) is 18.9 Å². The minimum atomic E-state index is -0.922. The van der Waals surface area contributed by atoms with Crippen molar-refractivity contribution >= 4 is 8.53 Å². The average Bonchev–Trinajstić information content (AvgIpc) is 2.26. The smallest absolute Gasteiger partial charge is 0.259 e. The Hall–Kier alpha value is 0.310. The van der Waals surface area contributed by atoms with E-state index in [9.17, 15) is 0 Å². The van der Waals surface area contributed by atoms with Gasteiger partial charge < -0.3 is 9.05 Å². The Morgan fingerprint density at radius 3 is 1.90 bits per heavy atom. The highest BCUT2D eigenvalue weighted by Crippen LogP contribution is 2.75. The lowest BCUT2D eigenvalue weighted by Gasteiger charge is -2.72. The molecule has 0 N–H and O–H groups in total. The first-order chi connectivity index (χ1) is 9.75. The van der Waals surface area contributed by atoms with Crippen molar-refractivity contribution < 1.29 is 9.05 Å². The van der Waals surface area contributed by atoms with Crippen LogP contribution in [0.2, 0.25) is 0 Å². The lowest BCUT2D eigenvalue weighted by atomic mass is 9.38. The highest BCUT2D eigenvalue weighted by Gasteiger charge is 2.70. The van der Waals surface area contributed by atoms with Crippen LogP contribution in [0.3, 0.4) is 0 Å². The molecule has 3 aliphatic carbocycles. The molecule has 3 fully saturated rings. The molecule has 1 atom stereocenters. The van der Waals surface area contributed by atoms with Crippen molar-refractivity contribution in [3.05, 3.63) is 0 Å². The molecule has 2 bridgehead atoms. The summed E-state index contributed by atoms with van der Waals surface area (Å²) in [6.07, 6.45) is 4.79. The van der Waals surface area contributed by atoms with E-state index < -0.39 is 8.53 Å². The van der Waals surface area contributed by atoms with Crippen molar-refractivity contribution in [2.24, 2.45) is 11.3 Å². The molecule has 21 heavy (non-hydrogen) atoms. The molecule has 1 unspecified atom stereocenters. The summed E-state index contributed by atoms with van der Waals surface area (Å²) in [6, 6.07) is 0.916. The van der Waals surface area contributed by atoms with E-state index in [4.69, 9.17) is 9.05 Å². The maximum absolute atomic E-state index is 6.57. The van der Waals surface area contributed by atoms with E-state index in [1.54, 1.807) is 0 Å². The molecule has 3 nitrogen and oxygen atoms in total. The minimum Gasteiger partial charge on any atom is -0.322 e. The monoisotopic (exact) mass is 315 g/mol. The van der Waals surface area contributed by atoms with Gasteiger partial charge >= 0.3 is 0 Å². The van der Waals surface area contributed by atoms with E-state index in [-0.39, 0.29) is 5.60 Å². The maximum atomic E-state index is 6.57. The van der Waals surface area contributed by atoms with Gasteiger partial charge in [-0.05, 0) is 64.7 Å². The molecule has 3 saturated carbocycles. The van der Waals surface area contributed by atoms with Gasteiger partial charge in [0.2, 0.25) is 0 Å². The summed E-state index contributed by atoms with van der Waals surface area (Å²) in [4.78, 5) is 0. The van der Waals surface area contributed by atoms with E-state index in [2.05, 4.69) is 53.1 Å². The second-order valence-corrected chi connectivity index (χ2v) is 9.34. The Kier molecular flexibility index (Phi) is 5.41. The quantitative estimate of drug-likeness (QED) is 0.535. The van der Waals surface area contributed by atoms with Crippen LogP contribution in [0.5, 0.6) is 0 Å². The SMILES string of the molecule is CCCOP(OC12CC(C(C)C)(C1)C2)N(C(C)C)C(C)C. The zero-order valence-electron chi connectivity index (χ0n) is 15.0. The average molecular weight is 315 g/mol. The van der Waals surface area contributed by atoms with E-state index in [1.165, 1.54) is 19.3 Å². The lowest BCUT2D eigenvalue weighted by molar-refractivity contribution is -0.265. The molecule has 0 aromatic rings. The summed E-state index contributed by atoms with van der Waals surface area (Å²) in [6.45, 7) is 16.6. The van der Waals surface area contributed by atoms with Crippen LogP contribution in [0.4, 0.5) is 0 Å². The molecule has 0 aromatic carbocycles. The van der Waals surface area contributed by atoms with Crippen LogP contribution in [0.15, 0.2) is 0 Å². The Labute approximate surface area is 132 Å². The van der Waals surface area contributed by atoms with E-state index in [1.807, 2.05) is 0 Å². The molecular weight excluding hydrogens is 281 g/mol. The lowest BCUT2D eigenvalue weighted by Crippen LogP contribution is -2.69. The molecular formula is C17H34NO2P. The molecule has 0 heterocycles. The van der Waals surface area contributed by atoms with Gasteiger partial charge in [-0.1, -0.05) is 20.8 Å². The van der Waals surface area contributed by atoms with Crippen LogP contribution in [-0.2, 0) is 9.05 Å². The fourth-order valence-electron chi connectivity index (χ4n) is 3.93. The van der Waals surface area contributed by atoms with Crippen LogP contribution in [0.1, 0.15) is 74.1 Å². The molecule has 124 valence electrons. The van der Waals surface area contributed by atoms with Gasteiger partial charge in [-0.25, -0.2) is 4.67 Å². The van der Waals surface area contributed by atoms with Gasteiger partial charge in [0.25, 0.3) is 8.53 Å². The summed E-state index contributed by atoms with van der Waals surface area (Å²) in [5, 5.41) is 0. The molecule has 0 amide bonds. The summed E-state index contributed by atoms with van der Waals surface area (Å²) >= 11 is 0. The van der Waals surface area contributed by atoms with Gasteiger partial charge in [0.1, 0.15) is 0 Å². The number of hydrogen-bond acceptors (Lipinski definition) is 3. The van der Waals surface area contributed by atoms with Crippen molar-refractivity contribution in [3.63, 3.8) is 0 Å². The number of nitrogens with zero attached hydrogens (tertiary/aromatic N) is 1. The second-order valence-electron chi connectivity index (χ2n) is 7.96. The number of hydrogen-bond donors (Lipinski definition) is 0. The van der Waals surface area contributed by atoms with Crippen LogP contribution in [-0.4, -0.2) is 29.0 Å². The summed E-state index contributed by atoms with van der Waals surface area (Å²) in [5.41, 5.74) is 0.734. The zero-order valence-corrected chi connectivity index (χ0v) is 15.9. The largest absolute Gasteiger partial charge is 0.322 e. The van der Waals surface area contributed by atoms with Crippen molar-refractivity contribution in [2.75, 3.05) is 6.61 Å². The van der Waals surface area contributed by atoms with Gasteiger partial charge in [-0.2, -0.15) is 0 Å². The summed E-state index contributed by atoms with van der Waals surface area (Å²) in [7, 11) is -0.922. The van der Waals surface area contributed by atoms with Crippen LogP contribution < -0.4 is 0 Å². The van der Waals surface area contributed by atoms with Gasteiger partial charge in [0, 0.05) is 12.1 Å². The van der Waals surface area contributed by atoms with Gasteiger partial charge in [-0.15, -0.1) is 0 Å². The molecule has 0 aliphatic heterocycles. The first kappa shape index (κ1) is 17.7. The minimum absolute atomic E-state index is 0.145. The molecule has 3 aliphatic rings. The van der Waals surface area contributed by atoms with Gasteiger partial charge in [-0.3, -0.25) is 0 Å². The fourth-order valence-corrected chi connectivity index (χ4v) is 5.83. The third-order valence-corrected chi connectivity index (χ3v) is 7.42. The van der Waals surface area contributed by atoms with Crippen molar-refractivity contribution in [3.8, 4) is 0 Å². The third-order valence-electron chi connectivity index (χ3n) is 5.17. The highest BCUT2D eigenvalue weighted by atomic mass is 31.2. The summed E-state index contributed by atoms with van der Waals surface area (Å²) < 4.78 is 15.1. The highest BCUT2D eigenvalue weighted by molar-refractivity contribution is 7.44. The number of rotatable bonds is 9. The van der Waals surface area contributed by atoms with Gasteiger partial charge in [0.15, 0.2) is 0 Å². The fraction of sp³-hybridized carbons (Fsp3) is 1.00. The topological polar surface area (TPSA) is 21.7 Å². The molecule has 3 rings (SSSR count). The predicted molar refractivity (Wildman–Crippen MR) is 90.2 cm³/mol. The van der Waals surface area contributed by atoms with E-state index >= 15 is 0 Å². The molecule has 0 saturated heterocycles. The Bertz CT molecular complexity index is 329. The molecule has 0 radical (unpaired) electrons. The van der Waals surface area contributed by atoms with Crippen LogP contribution >= 0.6 is 8.53 Å². The van der Waals surface area contributed by atoms with E-state index in [0.29, 0.717) is 17.5 Å². The van der Waals surface area contributed by atoms with Crippen LogP contribution in [0.25, 0.3) is 0 Å². The first-order valence-electron chi connectivity index (χ1n) is 8.66. The zero-order chi connectivity index (χ0) is 15.8. The van der Waals surface area contributed by atoms with Gasteiger partial charge in [0.05, 0.1) is 12.2 Å². The Balaban J connectivity index is 1.98. The molecule has 0 spiro atoms. The standard InChI is InChI=1S/C17H34NO2P/c1-8-9-19-21(18(14(4)5)15(6)7)20-17-10-16(11-17,12-17)13(2)3/h13-15H,8-12H2,1-7H3. The van der Waals surface area contributed by atoms with Crippen molar-refractivity contribution in [1.82, 2.24) is 4.67 Å². The first-order valence-corrected chi connectivity index (χ1v) is 9.79. The molecule has 0 aromatic heterocycles. The predicted octanol–water partition coefficient (Wildman–Crippen LogP) is 5.35. The third kappa shape index (κ3) is 3.32. The van der Waals surface area contributed by atoms with Crippen molar-refractivity contribution in [2.45, 2.75) is 91.8 Å². The second kappa shape index (κ2) is 6.43. The van der Waals surface area contributed by atoms with Crippen LogP contribution in [0, 0.1) is 11.3 Å². The summed E-state index contributed by atoms with van der Waals surface area (Å²) in [5.74, 6) is 0.789. The Morgan fingerprint density at radius 2 is 1.52 bits per heavy atom. The Morgan fingerprint density at radius 1 is 1.00 bits per heavy atom. The normalized spacial score (nSPS) is 32.7.